The molecule has 4 nitrogen and oxygen atoms in total. The number of hydrogen-bond acceptors (Lipinski definition) is 7. The molecule has 0 saturated carbocycles. The summed E-state index contributed by atoms with van der Waals surface area (Å²) in [5.74, 6) is 0. The normalized spacial score (nSPS) is 12.0. The van der Waals surface area contributed by atoms with Crippen LogP contribution in [-0.2, 0) is 12.8 Å². The van der Waals surface area contributed by atoms with Crippen LogP contribution in [0.4, 0.5) is 0 Å². The maximum absolute atomic E-state index is 5.44. The summed E-state index contributed by atoms with van der Waals surface area (Å²) in [5, 5.41) is 6.70. The standard InChI is InChI=1S/C36H36N4S3/c1-3-5-7-9-13-23-19-27(41-21-23)35-33-34(36(43-35)28-20-24(22-42-28)14-10-8-6-4-2)40-32-26-16-12-18-38-30(26)29-25(31(32)39-33)15-11-17-37-29/h11-12,15-22H,3-10,13-14H2,1-2H3. The van der Waals surface area contributed by atoms with Gasteiger partial charge in [-0.05, 0) is 84.0 Å². The minimum atomic E-state index is 0.882. The topological polar surface area (TPSA) is 51.6 Å². The Kier molecular flexibility index (Phi) is 8.46. The Morgan fingerprint density at radius 1 is 0.558 bits per heavy atom. The van der Waals surface area contributed by atoms with Crippen LogP contribution in [0.3, 0.4) is 0 Å². The predicted octanol–water partition coefficient (Wildman–Crippen LogP) is 11.6. The van der Waals surface area contributed by atoms with Gasteiger partial charge < -0.3 is 0 Å². The third-order valence-electron chi connectivity index (χ3n) is 8.27. The van der Waals surface area contributed by atoms with Crippen molar-refractivity contribution in [2.45, 2.75) is 78.1 Å². The highest BCUT2D eigenvalue weighted by Gasteiger charge is 2.22. The van der Waals surface area contributed by atoms with Gasteiger partial charge in [-0.15, -0.1) is 34.0 Å². The van der Waals surface area contributed by atoms with Crippen LogP contribution >= 0.6 is 34.0 Å². The number of nitrogens with zero attached hydrogens (tertiary/aromatic N) is 4. The van der Waals surface area contributed by atoms with E-state index in [9.17, 15) is 0 Å². The molecule has 0 N–H and O–H groups in total. The summed E-state index contributed by atoms with van der Waals surface area (Å²) in [6, 6.07) is 13.0. The van der Waals surface area contributed by atoms with E-state index in [-0.39, 0.29) is 0 Å². The molecule has 0 fully saturated rings. The summed E-state index contributed by atoms with van der Waals surface area (Å²) in [6.07, 6.45) is 16.2. The van der Waals surface area contributed by atoms with Crippen LogP contribution in [0.1, 0.15) is 76.3 Å². The third kappa shape index (κ3) is 5.59. The highest BCUT2D eigenvalue weighted by atomic mass is 32.1. The van der Waals surface area contributed by atoms with E-state index < -0.39 is 0 Å². The van der Waals surface area contributed by atoms with Gasteiger partial charge in [0, 0.05) is 32.9 Å². The van der Waals surface area contributed by atoms with Crippen molar-refractivity contribution in [1.82, 2.24) is 19.9 Å². The molecule has 6 heterocycles. The second-order valence-corrected chi connectivity index (χ2v) is 14.3. The Bertz CT molecular complexity index is 1890. The molecule has 0 saturated heterocycles. The quantitative estimate of drug-likeness (QED) is 0.101. The number of aromatic nitrogens is 4. The Labute approximate surface area is 264 Å². The van der Waals surface area contributed by atoms with Crippen LogP contribution in [0.5, 0.6) is 0 Å². The van der Waals surface area contributed by atoms with E-state index in [0.717, 1.165) is 56.7 Å². The highest BCUT2D eigenvalue weighted by molar-refractivity contribution is 7.27. The zero-order valence-corrected chi connectivity index (χ0v) is 27.3. The molecule has 0 aliphatic rings. The maximum Gasteiger partial charge on any atom is 0.110 e. The van der Waals surface area contributed by atoms with Crippen molar-refractivity contribution in [2.75, 3.05) is 0 Å². The molecular weight excluding hydrogens is 585 g/mol. The van der Waals surface area contributed by atoms with Crippen molar-refractivity contribution in [3.05, 3.63) is 70.7 Å². The first-order chi connectivity index (χ1) is 21.2. The lowest BCUT2D eigenvalue weighted by molar-refractivity contribution is 0.667. The molecule has 0 atom stereocenters. The van der Waals surface area contributed by atoms with E-state index in [1.165, 1.54) is 82.0 Å². The number of rotatable bonds is 12. The summed E-state index contributed by atoms with van der Waals surface area (Å²) in [5.41, 5.74) is 8.44. The molecule has 7 rings (SSSR count). The first-order valence-corrected chi connectivity index (χ1v) is 18.2. The summed E-state index contributed by atoms with van der Waals surface area (Å²) < 4.78 is 0. The van der Waals surface area contributed by atoms with Crippen molar-refractivity contribution in [3.8, 4) is 19.5 Å². The summed E-state index contributed by atoms with van der Waals surface area (Å²) in [7, 11) is 0. The van der Waals surface area contributed by atoms with Gasteiger partial charge in [0.15, 0.2) is 0 Å². The molecule has 0 bridgehead atoms. The monoisotopic (exact) mass is 620 g/mol. The zero-order chi connectivity index (χ0) is 29.2. The number of benzene rings is 1. The van der Waals surface area contributed by atoms with Crippen LogP contribution in [0.2, 0.25) is 0 Å². The molecule has 0 aliphatic heterocycles. The van der Waals surface area contributed by atoms with Gasteiger partial charge in [0.05, 0.1) is 31.8 Å². The van der Waals surface area contributed by atoms with Crippen molar-refractivity contribution < 1.29 is 0 Å². The highest BCUT2D eigenvalue weighted by Crippen LogP contribution is 2.47. The van der Waals surface area contributed by atoms with Crippen LogP contribution in [0.25, 0.3) is 63.4 Å². The van der Waals surface area contributed by atoms with Gasteiger partial charge in [-0.3, -0.25) is 9.97 Å². The van der Waals surface area contributed by atoms with Crippen LogP contribution in [0, 0.1) is 0 Å². The molecule has 0 radical (unpaired) electrons. The number of thiophene rings is 3. The fourth-order valence-electron chi connectivity index (χ4n) is 5.99. The van der Waals surface area contributed by atoms with Gasteiger partial charge in [0.2, 0.25) is 0 Å². The predicted molar refractivity (Wildman–Crippen MR) is 188 cm³/mol. The van der Waals surface area contributed by atoms with Gasteiger partial charge in [-0.1, -0.05) is 52.4 Å². The first-order valence-electron chi connectivity index (χ1n) is 15.7. The first kappa shape index (κ1) is 28.5. The van der Waals surface area contributed by atoms with Gasteiger partial charge in [-0.25, -0.2) is 9.97 Å². The fourth-order valence-corrected chi connectivity index (χ4v) is 9.31. The minimum Gasteiger partial charge on any atom is -0.254 e. The SMILES string of the molecule is CCCCCCc1csc(-c2sc(-c3cc(CCCCCC)cs3)c3nc4c5cccnc5c5ncccc5c4nc23)c1. The lowest BCUT2D eigenvalue weighted by atomic mass is 10.1. The number of hydrogen-bond donors (Lipinski definition) is 0. The molecule has 0 amide bonds. The molecular formula is C36H36N4S3. The van der Waals surface area contributed by atoms with E-state index in [4.69, 9.17) is 19.9 Å². The Hall–Kier alpha value is -3.26. The van der Waals surface area contributed by atoms with Crippen molar-refractivity contribution >= 4 is 77.9 Å². The van der Waals surface area contributed by atoms with Crippen LogP contribution in [0.15, 0.2) is 59.6 Å². The summed E-state index contributed by atoms with van der Waals surface area (Å²) in [4.78, 5) is 25.4. The molecule has 7 aromatic rings. The molecule has 0 aliphatic carbocycles. The van der Waals surface area contributed by atoms with Crippen molar-refractivity contribution in [1.29, 1.82) is 0 Å². The second kappa shape index (κ2) is 12.8. The summed E-state index contributed by atoms with van der Waals surface area (Å²) >= 11 is 5.55. The largest absolute Gasteiger partial charge is 0.254 e. The average molecular weight is 621 g/mol. The van der Waals surface area contributed by atoms with Gasteiger partial charge in [-0.2, -0.15) is 0 Å². The molecule has 6 aromatic heterocycles. The molecule has 7 heteroatoms. The Balaban J connectivity index is 1.40. The Morgan fingerprint density at radius 2 is 1.05 bits per heavy atom. The zero-order valence-electron chi connectivity index (χ0n) is 24.9. The van der Waals surface area contributed by atoms with Crippen molar-refractivity contribution in [3.63, 3.8) is 0 Å². The van der Waals surface area contributed by atoms with E-state index >= 15 is 0 Å². The van der Waals surface area contributed by atoms with Gasteiger partial charge >= 0.3 is 0 Å². The lowest BCUT2D eigenvalue weighted by Gasteiger charge is -2.08. The molecule has 1 aromatic carbocycles. The van der Waals surface area contributed by atoms with E-state index in [1.54, 1.807) is 0 Å². The van der Waals surface area contributed by atoms with E-state index in [2.05, 4.69) is 48.9 Å². The number of unbranched alkanes of at least 4 members (excludes halogenated alkanes) is 6. The van der Waals surface area contributed by atoms with Gasteiger partial charge in [0.1, 0.15) is 11.0 Å². The maximum atomic E-state index is 5.44. The Morgan fingerprint density at radius 3 is 1.51 bits per heavy atom. The lowest BCUT2D eigenvalue weighted by Crippen LogP contribution is -1.93. The smallest absolute Gasteiger partial charge is 0.110 e. The molecule has 43 heavy (non-hydrogen) atoms. The van der Waals surface area contributed by atoms with Crippen LogP contribution < -0.4 is 0 Å². The molecule has 218 valence electrons. The number of pyridine rings is 2. The molecule has 0 spiro atoms. The second-order valence-electron chi connectivity index (χ2n) is 11.4. The van der Waals surface area contributed by atoms with E-state index in [0.29, 0.717) is 0 Å². The summed E-state index contributed by atoms with van der Waals surface area (Å²) in [6.45, 7) is 4.54. The van der Waals surface area contributed by atoms with Gasteiger partial charge in [0.25, 0.3) is 0 Å². The van der Waals surface area contributed by atoms with Crippen LogP contribution in [-0.4, -0.2) is 19.9 Å². The fraction of sp³-hybridized carbons (Fsp3) is 0.333. The van der Waals surface area contributed by atoms with Crippen molar-refractivity contribution in [2.24, 2.45) is 0 Å². The number of fused-ring (bicyclic) bond motifs is 7. The minimum absolute atomic E-state index is 0.882. The molecule has 0 unspecified atom stereocenters. The van der Waals surface area contributed by atoms with E-state index in [1.807, 2.05) is 58.5 Å². The average Bonchev–Trinajstić information content (AvgIpc) is 3.80. The number of aryl methyl sites for hydroxylation is 2. The third-order valence-corrected chi connectivity index (χ3v) is 11.8.